The van der Waals surface area contributed by atoms with Gasteiger partial charge in [0, 0.05) is 0 Å². The molecule has 94 valence electrons. The van der Waals surface area contributed by atoms with Crippen LogP contribution in [0.25, 0.3) is 0 Å². The van der Waals surface area contributed by atoms with Crippen LogP contribution in [0.15, 0.2) is 0 Å². The average Bonchev–Trinajstić information content (AvgIpc) is 2.14. The van der Waals surface area contributed by atoms with Gasteiger partial charge >= 0.3 is 25.0 Å². The lowest BCUT2D eigenvalue weighted by Crippen LogP contribution is -2.18. The quantitative estimate of drug-likeness (QED) is 0.540. The summed E-state index contributed by atoms with van der Waals surface area (Å²) in [6.07, 6.45) is -4.56. The molecule has 0 bridgehead atoms. The normalized spacial score (nSPS) is 8.25. The van der Waals surface area contributed by atoms with Crippen molar-refractivity contribution in [3.63, 3.8) is 0 Å². The molecule has 0 amide bonds. The molecule has 0 fully saturated rings. The van der Waals surface area contributed by atoms with Gasteiger partial charge in [-0.15, -0.1) is 0 Å². The van der Waals surface area contributed by atoms with Crippen molar-refractivity contribution in [1.82, 2.24) is 0 Å². The first-order valence-corrected chi connectivity index (χ1v) is 3.38. The molecule has 0 saturated carbocycles. The van der Waals surface area contributed by atoms with E-state index in [1.165, 1.54) is 14.2 Å². The summed E-state index contributed by atoms with van der Waals surface area (Å²) in [6.45, 7) is -2.78. The molecular weight excluding hydrogens is 235 g/mol. The number of carbonyl (C=O) groups is 3. The van der Waals surface area contributed by atoms with Gasteiger partial charge in [-0.25, -0.2) is 14.4 Å². The molecule has 0 aromatic carbocycles. The fraction of sp³-hybridized carbons (Fsp3) is 0.500. The number of halogens is 1. The fourth-order valence-electron chi connectivity index (χ4n) is 0.266. The molecule has 0 saturated heterocycles. The third kappa shape index (κ3) is 14.3. The summed E-state index contributed by atoms with van der Waals surface area (Å²) in [4.78, 5) is 28.6. The van der Waals surface area contributed by atoms with Crippen LogP contribution >= 0.6 is 0 Å². The molecule has 0 atom stereocenters. The van der Waals surface area contributed by atoms with Gasteiger partial charge in [-0.05, 0) is 0 Å². The lowest BCUT2D eigenvalue weighted by molar-refractivity contribution is -0.165. The minimum atomic E-state index is -2.78. The molecule has 0 aliphatic heterocycles. The third-order valence-corrected chi connectivity index (χ3v) is 0.720. The van der Waals surface area contributed by atoms with E-state index in [0.717, 1.165) is 0 Å². The molecule has 2 N–H and O–H groups in total. The number of ether oxygens (including phenoxy) is 4. The Morgan fingerprint density at radius 2 is 1.31 bits per heavy atom. The Hall–Kier alpha value is -2.26. The smallest absolute Gasteiger partial charge is 0.450 e. The first-order valence-electron chi connectivity index (χ1n) is 3.38. The van der Waals surface area contributed by atoms with Gasteiger partial charge in [-0.1, -0.05) is 0 Å². The first-order chi connectivity index (χ1) is 7.33. The average molecular weight is 244 g/mol. The molecule has 0 aliphatic rings. The molecule has 0 heterocycles. The highest BCUT2D eigenvalue weighted by atomic mass is 19.2. The second kappa shape index (κ2) is 9.30. The summed E-state index contributed by atoms with van der Waals surface area (Å²) >= 11 is 0. The molecule has 16 heavy (non-hydrogen) atoms. The van der Waals surface area contributed by atoms with Gasteiger partial charge < -0.3 is 29.2 Å². The van der Waals surface area contributed by atoms with E-state index in [2.05, 4.69) is 18.9 Å². The number of hydrogen-bond donors (Lipinski definition) is 2. The monoisotopic (exact) mass is 244 g/mol. The van der Waals surface area contributed by atoms with E-state index in [1.54, 1.807) is 0 Å². The Balaban J connectivity index is 0. The van der Waals surface area contributed by atoms with E-state index in [4.69, 9.17) is 10.2 Å². The van der Waals surface area contributed by atoms with Gasteiger partial charge in [-0.2, -0.15) is 4.39 Å². The lowest BCUT2D eigenvalue weighted by Gasteiger charge is -2.03. The van der Waals surface area contributed by atoms with Crippen molar-refractivity contribution in [2.24, 2.45) is 0 Å². The SMILES string of the molecule is COC(=O)OC.O=C(O)OC(F)OC(=O)O. The van der Waals surface area contributed by atoms with E-state index in [-0.39, 0.29) is 0 Å². The zero-order chi connectivity index (χ0) is 13.1. The van der Waals surface area contributed by atoms with E-state index in [0.29, 0.717) is 0 Å². The van der Waals surface area contributed by atoms with E-state index >= 15 is 0 Å². The Morgan fingerprint density at radius 1 is 1.00 bits per heavy atom. The summed E-state index contributed by atoms with van der Waals surface area (Å²) in [5.74, 6) is 0. The third-order valence-electron chi connectivity index (χ3n) is 0.720. The van der Waals surface area contributed by atoms with Crippen molar-refractivity contribution in [2.75, 3.05) is 14.2 Å². The van der Waals surface area contributed by atoms with E-state index in [1.807, 2.05) is 0 Å². The standard InChI is InChI=1S/C3H3FO6.C3H6O3/c4-1(9-2(5)6)10-3(7)8;1-5-3(4)6-2/h1H,(H,5,6)(H,7,8);1-2H3. The Bertz CT molecular complexity index is 218. The van der Waals surface area contributed by atoms with Crippen LogP contribution in [0.2, 0.25) is 0 Å². The van der Waals surface area contributed by atoms with Crippen molar-refractivity contribution in [2.45, 2.75) is 6.54 Å². The summed E-state index contributed by atoms with van der Waals surface area (Å²) in [5, 5.41) is 15.3. The zero-order valence-corrected chi connectivity index (χ0v) is 8.21. The molecule has 0 spiro atoms. The minimum Gasteiger partial charge on any atom is -0.450 e. The highest BCUT2D eigenvalue weighted by Gasteiger charge is 2.15. The second-order valence-electron chi connectivity index (χ2n) is 1.70. The molecule has 0 rings (SSSR count). The summed E-state index contributed by atoms with van der Waals surface area (Å²) < 4.78 is 26.2. The van der Waals surface area contributed by atoms with Crippen molar-refractivity contribution in [1.29, 1.82) is 0 Å². The van der Waals surface area contributed by atoms with Crippen LogP contribution in [0.5, 0.6) is 0 Å². The Morgan fingerprint density at radius 3 is 1.44 bits per heavy atom. The minimum absolute atomic E-state index is 0.657. The van der Waals surface area contributed by atoms with Crippen LogP contribution < -0.4 is 0 Å². The Labute approximate surface area is 88.3 Å². The number of hydrogen-bond acceptors (Lipinski definition) is 7. The summed E-state index contributed by atoms with van der Waals surface area (Å²) in [7, 11) is 2.51. The second-order valence-corrected chi connectivity index (χ2v) is 1.70. The summed E-state index contributed by atoms with van der Waals surface area (Å²) in [6, 6.07) is 0. The van der Waals surface area contributed by atoms with Crippen molar-refractivity contribution in [3.05, 3.63) is 0 Å². The predicted molar refractivity (Wildman–Crippen MR) is 42.5 cm³/mol. The summed E-state index contributed by atoms with van der Waals surface area (Å²) in [5.41, 5.74) is 0. The van der Waals surface area contributed by atoms with Crippen molar-refractivity contribution >= 4 is 18.5 Å². The van der Waals surface area contributed by atoms with Crippen LogP contribution in [0.4, 0.5) is 18.8 Å². The van der Waals surface area contributed by atoms with Crippen LogP contribution in [0.3, 0.4) is 0 Å². The number of methoxy groups -OCH3 is 2. The maximum absolute atomic E-state index is 11.7. The van der Waals surface area contributed by atoms with E-state index in [9.17, 15) is 18.8 Å². The maximum atomic E-state index is 11.7. The fourth-order valence-corrected chi connectivity index (χ4v) is 0.266. The van der Waals surface area contributed by atoms with Crippen LogP contribution in [-0.2, 0) is 18.9 Å². The molecule has 0 aromatic heterocycles. The van der Waals surface area contributed by atoms with Crippen LogP contribution in [0, 0.1) is 0 Å². The number of carbonyl (C=O) groups excluding carboxylic acids is 1. The van der Waals surface area contributed by atoms with Gasteiger partial charge in [0.1, 0.15) is 0 Å². The number of alkyl halides is 1. The maximum Gasteiger partial charge on any atom is 0.510 e. The van der Waals surface area contributed by atoms with E-state index < -0.39 is 25.0 Å². The molecular formula is C6H9FO9. The molecule has 9 nitrogen and oxygen atoms in total. The van der Waals surface area contributed by atoms with Gasteiger partial charge in [0.2, 0.25) is 0 Å². The van der Waals surface area contributed by atoms with Gasteiger partial charge in [0.15, 0.2) is 0 Å². The van der Waals surface area contributed by atoms with Crippen LogP contribution in [0.1, 0.15) is 0 Å². The molecule has 10 heteroatoms. The molecule has 0 radical (unpaired) electrons. The molecule has 0 aromatic rings. The molecule has 0 aliphatic carbocycles. The Kier molecular flexibility index (Phi) is 9.41. The number of rotatable bonds is 2. The zero-order valence-electron chi connectivity index (χ0n) is 8.21. The van der Waals surface area contributed by atoms with Gasteiger partial charge in [0.05, 0.1) is 14.2 Å². The predicted octanol–water partition coefficient (Wildman–Crippen LogP) is 1.03. The van der Waals surface area contributed by atoms with Crippen LogP contribution in [-0.4, -0.2) is 49.4 Å². The van der Waals surface area contributed by atoms with Crippen molar-refractivity contribution < 1.29 is 47.9 Å². The lowest BCUT2D eigenvalue weighted by atomic mass is 11.2. The number of carboxylic acid groups (broad SMARTS) is 2. The highest BCUT2D eigenvalue weighted by Crippen LogP contribution is 1.96. The van der Waals surface area contributed by atoms with Gasteiger partial charge in [-0.3, -0.25) is 0 Å². The largest absolute Gasteiger partial charge is 0.510 e. The highest BCUT2D eigenvalue weighted by molar-refractivity contribution is 5.59. The molecule has 0 unspecified atom stereocenters. The topological polar surface area (TPSA) is 129 Å². The first kappa shape index (κ1) is 16.2. The van der Waals surface area contributed by atoms with Crippen molar-refractivity contribution in [3.8, 4) is 0 Å². The van der Waals surface area contributed by atoms with Gasteiger partial charge in [0.25, 0.3) is 0 Å².